The maximum absolute atomic E-state index is 4.47. The molecule has 2 heterocycles. The molecule has 0 spiro atoms. The summed E-state index contributed by atoms with van der Waals surface area (Å²) in [5, 5.41) is 14.3. The van der Waals surface area contributed by atoms with Crippen molar-refractivity contribution in [3.8, 4) is 0 Å². The van der Waals surface area contributed by atoms with Crippen LogP contribution in [0.25, 0.3) is 11.0 Å². The van der Waals surface area contributed by atoms with E-state index < -0.39 is 0 Å². The lowest BCUT2D eigenvalue weighted by Gasteiger charge is -2.17. The van der Waals surface area contributed by atoms with Gasteiger partial charge in [-0.05, 0) is 12.8 Å². The first-order valence-corrected chi connectivity index (χ1v) is 6.43. The highest BCUT2D eigenvalue weighted by Crippen LogP contribution is 2.21. The Hall–Kier alpha value is -1.85. The van der Waals surface area contributed by atoms with E-state index in [-0.39, 0.29) is 0 Å². The van der Waals surface area contributed by atoms with Crippen molar-refractivity contribution in [2.24, 2.45) is 0 Å². The molecular weight excluding hydrogens is 228 g/mol. The number of nitrogens with one attached hydrogen (secondary N) is 3. The lowest BCUT2D eigenvalue weighted by molar-refractivity contribution is 0.621. The van der Waals surface area contributed by atoms with E-state index in [1.165, 1.54) is 0 Å². The lowest BCUT2D eigenvalue weighted by atomic mass is 10.1. The van der Waals surface area contributed by atoms with Gasteiger partial charge in [-0.15, -0.1) is 0 Å². The smallest absolute Gasteiger partial charge is 0.226 e. The van der Waals surface area contributed by atoms with Crippen molar-refractivity contribution in [2.45, 2.75) is 39.2 Å². The van der Waals surface area contributed by atoms with Gasteiger partial charge in [0, 0.05) is 13.1 Å². The molecule has 2 aromatic heterocycles. The normalized spacial score (nSPS) is 12.6. The average Bonchev–Trinajstić information content (AvgIpc) is 2.86. The molecular formula is C12H20N6. The van der Waals surface area contributed by atoms with Crippen LogP contribution in [0.4, 0.5) is 11.8 Å². The predicted octanol–water partition coefficient (Wildman–Crippen LogP) is 2.39. The summed E-state index contributed by atoms with van der Waals surface area (Å²) in [5.41, 5.74) is 0.753. The summed E-state index contributed by atoms with van der Waals surface area (Å²) < 4.78 is 0. The van der Waals surface area contributed by atoms with Crippen LogP contribution in [0.5, 0.6) is 0 Å². The predicted molar refractivity (Wildman–Crippen MR) is 73.8 cm³/mol. The minimum Gasteiger partial charge on any atom is -0.367 e. The number of rotatable bonds is 6. The van der Waals surface area contributed by atoms with Crippen LogP contribution >= 0.6 is 0 Å². The third-order valence-corrected chi connectivity index (χ3v) is 3.00. The minimum absolute atomic E-state index is 0.438. The van der Waals surface area contributed by atoms with Crippen LogP contribution < -0.4 is 10.6 Å². The van der Waals surface area contributed by atoms with Gasteiger partial charge in [-0.1, -0.05) is 20.3 Å². The van der Waals surface area contributed by atoms with Crippen molar-refractivity contribution in [1.29, 1.82) is 0 Å². The van der Waals surface area contributed by atoms with Crippen LogP contribution in [0.2, 0.25) is 0 Å². The highest BCUT2D eigenvalue weighted by molar-refractivity contribution is 5.87. The maximum atomic E-state index is 4.47. The SMILES string of the molecule is CCCC(CC)Nc1nc(NC)nc2[nH]ncc12. The van der Waals surface area contributed by atoms with Gasteiger partial charge in [0.05, 0.1) is 11.6 Å². The second-order valence-corrected chi connectivity index (χ2v) is 4.32. The van der Waals surface area contributed by atoms with Crippen molar-refractivity contribution < 1.29 is 0 Å². The largest absolute Gasteiger partial charge is 0.367 e. The highest BCUT2D eigenvalue weighted by atomic mass is 15.2. The summed E-state index contributed by atoms with van der Waals surface area (Å²) in [7, 11) is 1.81. The van der Waals surface area contributed by atoms with Gasteiger partial charge >= 0.3 is 0 Å². The molecule has 0 saturated carbocycles. The fraction of sp³-hybridized carbons (Fsp3) is 0.583. The average molecular weight is 248 g/mol. The first kappa shape index (κ1) is 12.6. The number of fused-ring (bicyclic) bond motifs is 1. The molecule has 98 valence electrons. The van der Waals surface area contributed by atoms with Crippen LogP contribution in [-0.4, -0.2) is 33.3 Å². The van der Waals surface area contributed by atoms with E-state index in [9.17, 15) is 0 Å². The Labute approximate surface area is 107 Å². The van der Waals surface area contributed by atoms with Gasteiger partial charge in [0.25, 0.3) is 0 Å². The van der Waals surface area contributed by atoms with Crippen molar-refractivity contribution >= 4 is 22.8 Å². The lowest BCUT2D eigenvalue weighted by Crippen LogP contribution is -2.19. The topological polar surface area (TPSA) is 78.5 Å². The van der Waals surface area contributed by atoms with Gasteiger partial charge in [-0.3, -0.25) is 5.10 Å². The Balaban J connectivity index is 2.32. The zero-order valence-corrected chi connectivity index (χ0v) is 11.1. The molecule has 3 N–H and O–H groups in total. The molecule has 2 aromatic rings. The number of H-pyrrole nitrogens is 1. The number of hydrogen-bond donors (Lipinski definition) is 3. The van der Waals surface area contributed by atoms with Crippen molar-refractivity contribution in [3.05, 3.63) is 6.20 Å². The number of aromatic amines is 1. The zero-order valence-electron chi connectivity index (χ0n) is 11.1. The monoisotopic (exact) mass is 248 g/mol. The first-order chi connectivity index (χ1) is 8.78. The van der Waals surface area contributed by atoms with Crippen LogP contribution in [-0.2, 0) is 0 Å². The van der Waals surface area contributed by atoms with Gasteiger partial charge in [0.15, 0.2) is 5.65 Å². The molecule has 0 aliphatic carbocycles. The Kier molecular flexibility index (Phi) is 3.96. The molecule has 0 bridgehead atoms. The van der Waals surface area contributed by atoms with E-state index in [2.05, 4.69) is 44.6 Å². The van der Waals surface area contributed by atoms with Gasteiger partial charge in [-0.25, -0.2) is 0 Å². The fourth-order valence-corrected chi connectivity index (χ4v) is 1.98. The molecule has 0 saturated heterocycles. The molecule has 0 radical (unpaired) electrons. The number of nitrogens with zero attached hydrogens (tertiary/aromatic N) is 3. The van der Waals surface area contributed by atoms with E-state index in [0.29, 0.717) is 12.0 Å². The minimum atomic E-state index is 0.438. The van der Waals surface area contributed by atoms with E-state index in [1.54, 1.807) is 6.20 Å². The maximum Gasteiger partial charge on any atom is 0.226 e. The summed E-state index contributed by atoms with van der Waals surface area (Å²) in [4.78, 5) is 8.78. The molecule has 0 aromatic carbocycles. The van der Waals surface area contributed by atoms with Crippen LogP contribution in [0.15, 0.2) is 6.20 Å². The second-order valence-electron chi connectivity index (χ2n) is 4.32. The zero-order chi connectivity index (χ0) is 13.0. The summed E-state index contributed by atoms with van der Waals surface area (Å²) in [6.07, 6.45) is 5.13. The Bertz CT molecular complexity index is 506. The first-order valence-electron chi connectivity index (χ1n) is 6.43. The van der Waals surface area contributed by atoms with Crippen LogP contribution in [0.1, 0.15) is 33.1 Å². The quantitative estimate of drug-likeness (QED) is 0.731. The number of aromatic nitrogens is 4. The molecule has 1 atom stereocenters. The fourth-order valence-electron chi connectivity index (χ4n) is 1.98. The van der Waals surface area contributed by atoms with Crippen LogP contribution in [0.3, 0.4) is 0 Å². The Morgan fingerprint density at radius 3 is 2.83 bits per heavy atom. The molecule has 18 heavy (non-hydrogen) atoms. The summed E-state index contributed by atoms with van der Waals surface area (Å²) in [5.74, 6) is 1.44. The number of hydrogen-bond acceptors (Lipinski definition) is 5. The summed E-state index contributed by atoms with van der Waals surface area (Å²) in [6.45, 7) is 4.37. The highest BCUT2D eigenvalue weighted by Gasteiger charge is 2.12. The molecule has 6 heteroatoms. The molecule has 0 fully saturated rings. The van der Waals surface area contributed by atoms with Gasteiger partial charge in [-0.2, -0.15) is 15.1 Å². The van der Waals surface area contributed by atoms with Crippen molar-refractivity contribution in [2.75, 3.05) is 17.7 Å². The molecule has 2 rings (SSSR count). The van der Waals surface area contributed by atoms with Crippen molar-refractivity contribution in [3.63, 3.8) is 0 Å². The Morgan fingerprint density at radius 1 is 1.33 bits per heavy atom. The van der Waals surface area contributed by atoms with E-state index in [4.69, 9.17) is 0 Å². The molecule has 0 aliphatic heterocycles. The molecule has 0 aliphatic rings. The number of anilines is 2. The third-order valence-electron chi connectivity index (χ3n) is 3.00. The van der Waals surface area contributed by atoms with E-state index in [1.807, 2.05) is 7.05 Å². The van der Waals surface area contributed by atoms with Gasteiger partial charge < -0.3 is 10.6 Å². The third kappa shape index (κ3) is 2.52. The second kappa shape index (κ2) is 5.66. The summed E-state index contributed by atoms with van der Waals surface area (Å²) >= 11 is 0. The van der Waals surface area contributed by atoms with Gasteiger partial charge in [0.1, 0.15) is 5.82 Å². The standard InChI is InChI=1S/C12H20N6/c1-4-6-8(5-2)15-10-9-7-14-18-11(9)17-12(13-3)16-10/h7-8H,4-6H2,1-3H3,(H3,13,14,15,16,17,18). The molecule has 1 unspecified atom stereocenters. The van der Waals surface area contributed by atoms with Crippen LogP contribution in [0, 0.1) is 0 Å². The molecule has 6 nitrogen and oxygen atoms in total. The van der Waals surface area contributed by atoms with E-state index >= 15 is 0 Å². The van der Waals surface area contributed by atoms with Gasteiger partial charge in [0.2, 0.25) is 5.95 Å². The summed E-state index contributed by atoms with van der Waals surface area (Å²) in [6, 6.07) is 0.438. The van der Waals surface area contributed by atoms with Crippen molar-refractivity contribution in [1.82, 2.24) is 20.2 Å². The molecule has 0 amide bonds. The van der Waals surface area contributed by atoms with E-state index in [0.717, 1.165) is 36.1 Å². The Morgan fingerprint density at radius 2 is 2.17 bits per heavy atom.